The van der Waals surface area contributed by atoms with Crippen LogP contribution in [-0.2, 0) is 13.1 Å². The molecule has 0 unspecified atom stereocenters. The summed E-state index contributed by atoms with van der Waals surface area (Å²) in [6.45, 7) is 0.523. The van der Waals surface area contributed by atoms with Crippen molar-refractivity contribution in [2.75, 3.05) is 7.11 Å². The van der Waals surface area contributed by atoms with Gasteiger partial charge in [0.15, 0.2) is 11.2 Å². The highest BCUT2D eigenvalue weighted by atomic mass is 35.5. The molecule has 0 fully saturated rings. The molecule has 0 aliphatic carbocycles. The molecule has 0 saturated heterocycles. The summed E-state index contributed by atoms with van der Waals surface area (Å²) in [5.74, 6) is 0.594. The Morgan fingerprint density at radius 2 is 1.65 bits per heavy atom. The summed E-state index contributed by atoms with van der Waals surface area (Å²) >= 11 is 6.16. The van der Waals surface area contributed by atoms with Crippen LogP contribution < -0.4 is 16.0 Å². The zero-order valence-electron chi connectivity index (χ0n) is 18.4. The van der Waals surface area contributed by atoms with Gasteiger partial charge in [-0.1, -0.05) is 60.1 Å². The topological polar surface area (TPSA) is 71.1 Å². The molecule has 3 aromatic carbocycles. The van der Waals surface area contributed by atoms with E-state index in [1.165, 1.54) is 9.13 Å². The molecule has 2 heterocycles. The Balaban J connectivity index is 1.76. The Morgan fingerprint density at radius 3 is 2.41 bits per heavy atom. The first-order chi connectivity index (χ1) is 16.5. The monoisotopic (exact) mass is 472 g/mol. The minimum absolute atomic E-state index is 0.140. The van der Waals surface area contributed by atoms with Crippen molar-refractivity contribution in [3.8, 4) is 11.4 Å². The van der Waals surface area contributed by atoms with Gasteiger partial charge in [-0.25, -0.2) is 14.3 Å². The summed E-state index contributed by atoms with van der Waals surface area (Å²) in [6.07, 6.45) is 1.58. The van der Waals surface area contributed by atoms with Gasteiger partial charge < -0.3 is 9.30 Å². The van der Waals surface area contributed by atoms with E-state index in [4.69, 9.17) is 16.3 Å². The molecule has 0 aliphatic heterocycles. The summed E-state index contributed by atoms with van der Waals surface area (Å²) in [6, 6.07) is 24.0. The van der Waals surface area contributed by atoms with E-state index >= 15 is 0 Å². The van der Waals surface area contributed by atoms with Crippen molar-refractivity contribution in [2.24, 2.45) is 0 Å². The SMILES string of the molecule is COc1cccc(-n2c(=O)n(Cc3ccccc3)c(=O)c3c2ncn3Cc2cccc(Cl)c2)c1. The number of nitrogens with zero attached hydrogens (tertiary/aromatic N) is 4. The predicted molar refractivity (Wildman–Crippen MR) is 132 cm³/mol. The second kappa shape index (κ2) is 9.03. The number of hydrogen-bond acceptors (Lipinski definition) is 4. The lowest BCUT2D eigenvalue weighted by molar-refractivity contribution is 0.414. The van der Waals surface area contributed by atoms with E-state index in [1.54, 1.807) is 48.3 Å². The zero-order chi connectivity index (χ0) is 23.7. The predicted octanol–water partition coefficient (Wildman–Crippen LogP) is 4.11. The molecule has 0 spiro atoms. The van der Waals surface area contributed by atoms with Gasteiger partial charge in [-0.3, -0.25) is 9.36 Å². The van der Waals surface area contributed by atoms with Crippen LogP contribution in [-0.4, -0.2) is 25.8 Å². The van der Waals surface area contributed by atoms with Crippen LogP contribution in [0.25, 0.3) is 16.9 Å². The van der Waals surface area contributed by atoms with Crippen LogP contribution in [0.3, 0.4) is 0 Å². The first kappa shape index (κ1) is 21.7. The molecule has 8 heteroatoms. The normalized spacial score (nSPS) is 11.1. The molecule has 2 aromatic heterocycles. The fourth-order valence-corrected chi connectivity index (χ4v) is 4.23. The number of hydrogen-bond donors (Lipinski definition) is 0. The number of benzene rings is 3. The Morgan fingerprint density at radius 1 is 0.882 bits per heavy atom. The average molecular weight is 473 g/mol. The molecule has 0 radical (unpaired) electrons. The number of aromatic nitrogens is 4. The Bertz CT molecular complexity index is 1600. The first-order valence-corrected chi connectivity index (χ1v) is 11.1. The highest BCUT2D eigenvalue weighted by Crippen LogP contribution is 2.20. The Labute approximate surface area is 200 Å². The van der Waals surface area contributed by atoms with Crippen molar-refractivity contribution in [2.45, 2.75) is 13.1 Å². The number of methoxy groups -OCH3 is 1. The quantitative estimate of drug-likeness (QED) is 0.373. The molecule has 0 bridgehead atoms. The molecule has 0 aliphatic rings. The van der Waals surface area contributed by atoms with Crippen molar-refractivity contribution in [3.63, 3.8) is 0 Å². The molecule has 0 amide bonds. The third-order valence-corrected chi connectivity index (χ3v) is 5.87. The van der Waals surface area contributed by atoms with Crippen LogP contribution in [0.5, 0.6) is 5.75 Å². The summed E-state index contributed by atoms with van der Waals surface area (Å²) in [7, 11) is 1.56. The van der Waals surface area contributed by atoms with Gasteiger partial charge in [-0.05, 0) is 35.4 Å². The molecule has 7 nitrogen and oxygen atoms in total. The van der Waals surface area contributed by atoms with Gasteiger partial charge in [0.2, 0.25) is 0 Å². The largest absolute Gasteiger partial charge is 0.497 e. The summed E-state index contributed by atoms with van der Waals surface area (Å²) in [5, 5.41) is 0.608. The lowest BCUT2D eigenvalue weighted by atomic mass is 10.2. The third-order valence-electron chi connectivity index (χ3n) is 5.64. The van der Waals surface area contributed by atoms with Crippen molar-refractivity contribution >= 4 is 22.8 Å². The molecule has 0 atom stereocenters. The highest BCUT2D eigenvalue weighted by Gasteiger charge is 2.20. The summed E-state index contributed by atoms with van der Waals surface area (Å²) in [5.41, 5.74) is 2.07. The number of ether oxygens (including phenoxy) is 1. The summed E-state index contributed by atoms with van der Waals surface area (Å²) in [4.78, 5) is 31.8. The fourth-order valence-electron chi connectivity index (χ4n) is 4.02. The molecule has 5 aromatic rings. The minimum Gasteiger partial charge on any atom is -0.497 e. The van der Waals surface area contributed by atoms with E-state index in [9.17, 15) is 9.59 Å². The zero-order valence-corrected chi connectivity index (χ0v) is 19.1. The third kappa shape index (κ3) is 4.02. The lowest BCUT2D eigenvalue weighted by Gasteiger charge is -2.13. The van der Waals surface area contributed by atoms with Gasteiger partial charge in [0.25, 0.3) is 5.56 Å². The van der Waals surface area contributed by atoms with Crippen molar-refractivity contribution < 1.29 is 4.74 Å². The van der Waals surface area contributed by atoms with Crippen LogP contribution in [0.4, 0.5) is 0 Å². The van der Waals surface area contributed by atoms with Gasteiger partial charge in [-0.2, -0.15) is 0 Å². The van der Waals surface area contributed by atoms with Crippen LogP contribution in [0, 0.1) is 0 Å². The van der Waals surface area contributed by atoms with Crippen LogP contribution in [0.1, 0.15) is 11.1 Å². The van der Waals surface area contributed by atoms with E-state index in [1.807, 2.05) is 48.5 Å². The highest BCUT2D eigenvalue weighted by molar-refractivity contribution is 6.30. The maximum Gasteiger partial charge on any atom is 0.337 e. The Hall–Kier alpha value is -4.10. The van der Waals surface area contributed by atoms with E-state index in [0.29, 0.717) is 28.5 Å². The van der Waals surface area contributed by atoms with Crippen LogP contribution in [0.2, 0.25) is 5.02 Å². The number of imidazole rings is 1. The molecule has 0 N–H and O–H groups in total. The fraction of sp³-hybridized carbons (Fsp3) is 0.115. The maximum atomic E-state index is 13.6. The standard InChI is InChI=1S/C26H21ClN4O3/c1-34-22-12-6-11-21(14-22)31-24-23(29(17-28-24)15-19-9-5-10-20(27)13-19)25(32)30(26(31)33)16-18-7-3-2-4-8-18/h2-14,17H,15-16H2,1H3. The van der Waals surface area contributed by atoms with Crippen molar-refractivity contribution in [1.29, 1.82) is 0 Å². The van der Waals surface area contributed by atoms with Crippen molar-refractivity contribution in [1.82, 2.24) is 18.7 Å². The molecule has 5 rings (SSSR count). The van der Waals surface area contributed by atoms with E-state index in [-0.39, 0.29) is 12.2 Å². The molecule has 34 heavy (non-hydrogen) atoms. The Kier molecular flexibility index (Phi) is 5.77. The van der Waals surface area contributed by atoms with Crippen LogP contribution in [0.15, 0.2) is 94.8 Å². The van der Waals surface area contributed by atoms with Crippen molar-refractivity contribution in [3.05, 3.63) is 122 Å². The van der Waals surface area contributed by atoms with Crippen LogP contribution >= 0.6 is 11.6 Å². The second-order valence-electron chi connectivity index (χ2n) is 7.87. The second-order valence-corrected chi connectivity index (χ2v) is 8.31. The van der Waals surface area contributed by atoms with Gasteiger partial charge >= 0.3 is 5.69 Å². The van der Waals surface area contributed by atoms with E-state index < -0.39 is 11.2 Å². The first-order valence-electron chi connectivity index (χ1n) is 10.7. The molecule has 170 valence electrons. The number of rotatable bonds is 6. The smallest absolute Gasteiger partial charge is 0.337 e. The number of fused-ring (bicyclic) bond motifs is 1. The lowest BCUT2D eigenvalue weighted by Crippen LogP contribution is -2.40. The van der Waals surface area contributed by atoms with Gasteiger partial charge in [0.05, 0.1) is 25.7 Å². The van der Waals surface area contributed by atoms with E-state index in [0.717, 1.165) is 11.1 Å². The average Bonchev–Trinajstić information content (AvgIpc) is 3.26. The minimum atomic E-state index is -0.470. The molecular weight excluding hydrogens is 452 g/mol. The van der Waals surface area contributed by atoms with Gasteiger partial charge in [-0.15, -0.1) is 0 Å². The number of halogens is 1. The molecule has 0 saturated carbocycles. The van der Waals surface area contributed by atoms with Gasteiger partial charge in [0, 0.05) is 17.6 Å². The van der Waals surface area contributed by atoms with E-state index in [2.05, 4.69) is 4.98 Å². The maximum absolute atomic E-state index is 13.6. The van der Waals surface area contributed by atoms with Gasteiger partial charge in [0.1, 0.15) is 5.75 Å². The summed E-state index contributed by atoms with van der Waals surface area (Å²) < 4.78 is 9.80. The molecular formula is C26H21ClN4O3.